The molecular formula is C21H21F2N5O. The molecule has 1 amide bonds. The maximum Gasteiger partial charge on any atom is 0.254 e. The second-order valence-corrected chi connectivity index (χ2v) is 7.03. The summed E-state index contributed by atoms with van der Waals surface area (Å²) in [6.07, 6.45) is 5.02. The number of aromatic nitrogens is 3. The summed E-state index contributed by atoms with van der Waals surface area (Å²) >= 11 is 0. The van der Waals surface area contributed by atoms with E-state index in [-0.39, 0.29) is 11.8 Å². The lowest BCUT2D eigenvalue weighted by atomic mass is 9.96. The van der Waals surface area contributed by atoms with E-state index in [9.17, 15) is 13.6 Å². The SMILES string of the molecule is CNC(=O)c1cccnc1N1CCC(c2ncc(-c3ccc(F)c(F)c3)[nH]2)CC1. The molecule has 0 radical (unpaired) electrons. The van der Waals surface area contributed by atoms with E-state index < -0.39 is 11.6 Å². The summed E-state index contributed by atoms with van der Waals surface area (Å²) < 4.78 is 26.6. The molecule has 3 aromatic rings. The van der Waals surface area contributed by atoms with Crippen LogP contribution in [0.3, 0.4) is 0 Å². The average Bonchev–Trinajstić information content (AvgIpc) is 3.25. The molecule has 0 unspecified atom stereocenters. The number of aromatic amines is 1. The lowest BCUT2D eigenvalue weighted by Crippen LogP contribution is -2.35. The zero-order chi connectivity index (χ0) is 20.4. The highest BCUT2D eigenvalue weighted by Crippen LogP contribution is 2.31. The van der Waals surface area contributed by atoms with E-state index in [4.69, 9.17) is 0 Å². The van der Waals surface area contributed by atoms with E-state index >= 15 is 0 Å². The van der Waals surface area contributed by atoms with Gasteiger partial charge in [0.2, 0.25) is 0 Å². The van der Waals surface area contributed by atoms with Crippen molar-refractivity contribution in [3.63, 3.8) is 0 Å². The van der Waals surface area contributed by atoms with Crippen LogP contribution in [-0.2, 0) is 0 Å². The molecule has 1 saturated heterocycles. The number of hydrogen-bond donors (Lipinski definition) is 2. The van der Waals surface area contributed by atoms with Gasteiger partial charge in [0.15, 0.2) is 11.6 Å². The zero-order valence-corrected chi connectivity index (χ0v) is 16.0. The standard InChI is InChI=1S/C21H21F2N5O/c1-24-21(29)15-3-2-8-25-20(15)28-9-6-13(7-10-28)19-26-12-18(27-19)14-4-5-16(22)17(23)11-14/h2-5,8,11-13H,6-7,9-10H2,1H3,(H,24,29)(H,26,27). The quantitative estimate of drug-likeness (QED) is 0.707. The molecule has 3 heterocycles. The van der Waals surface area contributed by atoms with Gasteiger partial charge in [-0.25, -0.2) is 18.7 Å². The van der Waals surface area contributed by atoms with Gasteiger partial charge in [-0.2, -0.15) is 0 Å². The lowest BCUT2D eigenvalue weighted by molar-refractivity contribution is 0.0963. The number of hydrogen-bond acceptors (Lipinski definition) is 4. The molecule has 1 aromatic carbocycles. The summed E-state index contributed by atoms with van der Waals surface area (Å²) in [5.41, 5.74) is 1.78. The Balaban J connectivity index is 1.46. The normalized spacial score (nSPS) is 14.8. The Morgan fingerprint density at radius 2 is 1.97 bits per heavy atom. The van der Waals surface area contributed by atoms with Gasteiger partial charge in [-0.15, -0.1) is 0 Å². The van der Waals surface area contributed by atoms with E-state index in [0.29, 0.717) is 22.6 Å². The first-order valence-electron chi connectivity index (χ1n) is 9.49. The number of rotatable bonds is 4. The predicted molar refractivity (Wildman–Crippen MR) is 106 cm³/mol. The number of pyridine rings is 1. The van der Waals surface area contributed by atoms with Gasteiger partial charge in [0.25, 0.3) is 5.91 Å². The molecule has 6 nitrogen and oxygen atoms in total. The molecule has 0 spiro atoms. The second kappa shape index (κ2) is 7.98. The predicted octanol–water partition coefficient (Wildman–Crippen LogP) is 3.49. The zero-order valence-electron chi connectivity index (χ0n) is 16.0. The van der Waals surface area contributed by atoms with Gasteiger partial charge in [-0.05, 0) is 43.2 Å². The van der Waals surface area contributed by atoms with E-state index in [2.05, 4.69) is 25.2 Å². The van der Waals surface area contributed by atoms with Crippen LogP contribution in [0.2, 0.25) is 0 Å². The van der Waals surface area contributed by atoms with Crippen molar-refractivity contribution < 1.29 is 13.6 Å². The Morgan fingerprint density at radius 1 is 1.17 bits per heavy atom. The third-order valence-electron chi connectivity index (χ3n) is 5.27. The molecule has 29 heavy (non-hydrogen) atoms. The third-order valence-corrected chi connectivity index (χ3v) is 5.27. The van der Waals surface area contributed by atoms with Crippen LogP contribution in [0.5, 0.6) is 0 Å². The molecule has 0 aliphatic carbocycles. The molecule has 150 valence electrons. The monoisotopic (exact) mass is 397 g/mol. The van der Waals surface area contributed by atoms with Crippen LogP contribution in [0, 0.1) is 11.6 Å². The molecule has 4 rings (SSSR count). The number of H-pyrrole nitrogens is 1. The summed E-state index contributed by atoms with van der Waals surface area (Å²) in [6.45, 7) is 1.49. The van der Waals surface area contributed by atoms with Crippen LogP contribution in [0.15, 0.2) is 42.7 Å². The number of nitrogens with zero attached hydrogens (tertiary/aromatic N) is 3. The van der Waals surface area contributed by atoms with E-state index in [1.807, 2.05) is 0 Å². The summed E-state index contributed by atoms with van der Waals surface area (Å²) in [6, 6.07) is 7.33. The first-order chi connectivity index (χ1) is 14.1. The second-order valence-electron chi connectivity index (χ2n) is 7.03. The number of amides is 1. The Hall–Kier alpha value is -3.29. The van der Waals surface area contributed by atoms with Gasteiger partial charge in [0.1, 0.15) is 11.6 Å². The number of halogens is 2. The molecule has 0 atom stereocenters. The number of imidazole rings is 1. The molecule has 2 N–H and O–H groups in total. The number of anilines is 1. The van der Waals surface area contributed by atoms with E-state index in [1.54, 1.807) is 31.6 Å². The van der Waals surface area contributed by atoms with Gasteiger partial charge in [-0.3, -0.25) is 4.79 Å². The van der Waals surface area contributed by atoms with Crippen molar-refractivity contribution in [3.8, 4) is 11.3 Å². The smallest absolute Gasteiger partial charge is 0.254 e. The Morgan fingerprint density at radius 3 is 2.69 bits per heavy atom. The fourth-order valence-corrected chi connectivity index (χ4v) is 3.68. The fourth-order valence-electron chi connectivity index (χ4n) is 3.68. The number of nitrogens with one attached hydrogen (secondary N) is 2. The van der Waals surface area contributed by atoms with Gasteiger partial charge in [-0.1, -0.05) is 0 Å². The van der Waals surface area contributed by atoms with Crippen LogP contribution in [0.25, 0.3) is 11.3 Å². The highest BCUT2D eigenvalue weighted by atomic mass is 19.2. The minimum absolute atomic E-state index is 0.155. The fraction of sp³-hybridized carbons (Fsp3) is 0.286. The largest absolute Gasteiger partial charge is 0.356 e. The third kappa shape index (κ3) is 3.83. The number of benzene rings is 1. The Labute approximate surface area is 167 Å². The van der Waals surface area contributed by atoms with Crippen molar-refractivity contribution in [3.05, 3.63) is 65.7 Å². The van der Waals surface area contributed by atoms with Gasteiger partial charge >= 0.3 is 0 Å². The van der Waals surface area contributed by atoms with Crippen molar-refractivity contribution in [1.29, 1.82) is 0 Å². The Kier molecular flexibility index (Phi) is 5.24. The van der Waals surface area contributed by atoms with E-state index in [0.717, 1.165) is 43.9 Å². The maximum atomic E-state index is 13.5. The van der Waals surface area contributed by atoms with Gasteiger partial charge < -0.3 is 15.2 Å². The minimum Gasteiger partial charge on any atom is -0.356 e. The molecule has 8 heteroatoms. The van der Waals surface area contributed by atoms with Gasteiger partial charge in [0.05, 0.1) is 17.5 Å². The highest BCUT2D eigenvalue weighted by molar-refractivity contribution is 5.98. The van der Waals surface area contributed by atoms with E-state index in [1.165, 1.54) is 6.07 Å². The van der Waals surface area contributed by atoms with Crippen molar-refractivity contribution in [1.82, 2.24) is 20.3 Å². The lowest BCUT2D eigenvalue weighted by Gasteiger charge is -2.32. The topological polar surface area (TPSA) is 73.9 Å². The molecular weight excluding hydrogens is 376 g/mol. The van der Waals surface area contributed by atoms with Crippen molar-refractivity contribution in [2.45, 2.75) is 18.8 Å². The average molecular weight is 397 g/mol. The molecule has 0 saturated carbocycles. The highest BCUT2D eigenvalue weighted by Gasteiger charge is 2.26. The van der Waals surface area contributed by atoms with Crippen molar-refractivity contribution >= 4 is 11.7 Å². The van der Waals surface area contributed by atoms with Crippen molar-refractivity contribution in [2.75, 3.05) is 25.0 Å². The summed E-state index contributed by atoms with van der Waals surface area (Å²) in [7, 11) is 1.60. The van der Waals surface area contributed by atoms with Crippen LogP contribution >= 0.6 is 0 Å². The molecule has 1 aliphatic rings. The summed E-state index contributed by atoms with van der Waals surface area (Å²) in [5.74, 6) is -0.167. The Bertz CT molecular complexity index is 1030. The minimum atomic E-state index is -0.880. The van der Waals surface area contributed by atoms with Crippen LogP contribution in [0.1, 0.15) is 34.9 Å². The summed E-state index contributed by atoms with van der Waals surface area (Å²) in [5, 5.41) is 2.65. The maximum absolute atomic E-state index is 13.5. The molecule has 1 aliphatic heterocycles. The van der Waals surface area contributed by atoms with Gasteiger partial charge in [0, 0.05) is 37.8 Å². The van der Waals surface area contributed by atoms with Crippen LogP contribution in [0.4, 0.5) is 14.6 Å². The van der Waals surface area contributed by atoms with Crippen molar-refractivity contribution in [2.24, 2.45) is 0 Å². The number of carbonyl (C=O) groups is 1. The summed E-state index contributed by atoms with van der Waals surface area (Å²) in [4.78, 5) is 26.3. The first kappa shape index (κ1) is 19.0. The van der Waals surface area contributed by atoms with Crippen LogP contribution in [-0.4, -0.2) is 41.0 Å². The molecule has 2 aromatic heterocycles. The molecule has 1 fully saturated rings. The van der Waals surface area contributed by atoms with Crippen LogP contribution < -0.4 is 10.2 Å². The number of carbonyl (C=O) groups excluding carboxylic acids is 1. The first-order valence-corrected chi connectivity index (χ1v) is 9.49. The number of piperidine rings is 1. The molecule has 0 bridgehead atoms.